The smallest absolute Gasteiger partial charge is 0.286 e. The summed E-state index contributed by atoms with van der Waals surface area (Å²) in [5.41, 5.74) is 0.960. The van der Waals surface area contributed by atoms with Crippen LogP contribution >= 0.6 is 11.8 Å². The number of amides is 2. The maximum atomic E-state index is 11.5. The highest BCUT2D eigenvalue weighted by Crippen LogP contribution is 2.32. The number of ether oxygens (including phenoxy) is 2. The van der Waals surface area contributed by atoms with Crippen LogP contribution in [0.15, 0.2) is 18.2 Å². The van der Waals surface area contributed by atoms with Crippen molar-refractivity contribution < 1.29 is 19.1 Å². The first-order valence-corrected chi connectivity index (χ1v) is 6.50. The summed E-state index contributed by atoms with van der Waals surface area (Å²) in [5.74, 6) is 1.21. The molecule has 0 aliphatic carbocycles. The van der Waals surface area contributed by atoms with Gasteiger partial charge in [0.25, 0.3) is 5.24 Å². The highest BCUT2D eigenvalue weighted by atomic mass is 32.2. The van der Waals surface area contributed by atoms with E-state index in [2.05, 4.69) is 5.32 Å². The maximum absolute atomic E-state index is 11.5. The van der Waals surface area contributed by atoms with E-state index in [1.54, 1.807) is 0 Å². The largest absolute Gasteiger partial charge is 0.486 e. The third-order valence-electron chi connectivity index (χ3n) is 2.79. The van der Waals surface area contributed by atoms with Gasteiger partial charge in [0.1, 0.15) is 13.2 Å². The summed E-state index contributed by atoms with van der Waals surface area (Å²) in [4.78, 5) is 22.5. The quantitative estimate of drug-likeness (QED) is 0.874. The SMILES string of the molecule is O=C1NC(=O)C(Cc2ccc3c(c2)OCCO3)S1. The van der Waals surface area contributed by atoms with Gasteiger partial charge in [-0.05, 0) is 24.1 Å². The van der Waals surface area contributed by atoms with Gasteiger partial charge >= 0.3 is 0 Å². The molecule has 0 bridgehead atoms. The van der Waals surface area contributed by atoms with Crippen molar-refractivity contribution in [1.82, 2.24) is 5.32 Å². The molecule has 0 aromatic heterocycles. The lowest BCUT2D eigenvalue weighted by Gasteiger charge is -2.19. The van der Waals surface area contributed by atoms with Gasteiger partial charge < -0.3 is 9.47 Å². The first-order valence-electron chi connectivity index (χ1n) is 5.62. The van der Waals surface area contributed by atoms with Crippen LogP contribution in [0.25, 0.3) is 0 Å². The van der Waals surface area contributed by atoms with E-state index in [0.29, 0.717) is 25.4 Å². The molecule has 1 aromatic rings. The molecule has 1 atom stereocenters. The fraction of sp³-hybridized carbons (Fsp3) is 0.333. The summed E-state index contributed by atoms with van der Waals surface area (Å²) >= 11 is 1.03. The number of thioether (sulfide) groups is 1. The molecular weight excluding hydrogens is 254 g/mol. The topological polar surface area (TPSA) is 64.6 Å². The van der Waals surface area contributed by atoms with Crippen LogP contribution in [0.5, 0.6) is 11.5 Å². The van der Waals surface area contributed by atoms with Crippen molar-refractivity contribution in [3.8, 4) is 11.5 Å². The number of carbonyl (C=O) groups excluding carboxylic acids is 2. The van der Waals surface area contributed by atoms with E-state index in [-0.39, 0.29) is 16.4 Å². The Hall–Kier alpha value is -1.69. The minimum absolute atomic E-state index is 0.222. The number of nitrogens with one attached hydrogen (secondary N) is 1. The van der Waals surface area contributed by atoms with Crippen molar-refractivity contribution in [1.29, 1.82) is 0 Å². The Labute approximate surface area is 108 Å². The lowest BCUT2D eigenvalue weighted by molar-refractivity contribution is -0.118. The molecule has 1 aromatic carbocycles. The Morgan fingerprint density at radius 1 is 1.22 bits per heavy atom. The number of imide groups is 1. The average molecular weight is 265 g/mol. The Balaban J connectivity index is 1.77. The lowest BCUT2D eigenvalue weighted by atomic mass is 10.1. The first-order chi connectivity index (χ1) is 8.72. The van der Waals surface area contributed by atoms with E-state index < -0.39 is 0 Å². The van der Waals surface area contributed by atoms with Gasteiger partial charge in [-0.15, -0.1) is 0 Å². The Kier molecular flexibility index (Phi) is 2.87. The minimum atomic E-state index is -0.347. The van der Waals surface area contributed by atoms with Crippen LogP contribution in [0.2, 0.25) is 0 Å². The molecule has 2 amide bonds. The molecule has 1 saturated heterocycles. The van der Waals surface area contributed by atoms with Crippen molar-refractivity contribution in [3.05, 3.63) is 23.8 Å². The number of hydrogen-bond acceptors (Lipinski definition) is 5. The number of fused-ring (bicyclic) bond motifs is 1. The van der Waals surface area contributed by atoms with E-state index in [9.17, 15) is 9.59 Å². The second-order valence-corrected chi connectivity index (χ2v) is 5.24. The summed E-state index contributed by atoms with van der Waals surface area (Å²) in [6.07, 6.45) is 0.513. The monoisotopic (exact) mass is 265 g/mol. The van der Waals surface area contributed by atoms with E-state index in [1.165, 1.54) is 0 Å². The predicted molar refractivity (Wildman–Crippen MR) is 66.1 cm³/mol. The van der Waals surface area contributed by atoms with Crippen LogP contribution in [0.4, 0.5) is 4.79 Å². The molecule has 0 radical (unpaired) electrons. The molecule has 18 heavy (non-hydrogen) atoms. The van der Waals surface area contributed by atoms with Gasteiger partial charge in [0, 0.05) is 0 Å². The van der Waals surface area contributed by atoms with Crippen LogP contribution in [-0.2, 0) is 11.2 Å². The van der Waals surface area contributed by atoms with Gasteiger partial charge in [-0.1, -0.05) is 17.8 Å². The molecule has 94 valence electrons. The van der Waals surface area contributed by atoms with Crippen LogP contribution in [0.3, 0.4) is 0 Å². The molecule has 2 aliphatic rings. The zero-order valence-electron chi connectivity index (χ0n) is 9.47. The third kappa shape index (κ3) is 2.15. The van der Waals surface area contributed by atoms with Crippen molar-refractivity contribution in [2.45, 2.75) is 11.7 Å². The molecule has 2 aliphatic heterocycles. The van der Waals surface area contributed by atoms with Crippen LogP contribution in [0.1, 0.15) is 5.56 Å². The van der Waals surface area contributed by atoms with E-state index in [4.69, 9.17) is 9.47 Å². The summed E-state index contributed by atoms with van der Waals surface area (Å²) in [5, 5.41) is 1.66. The second kappa shape index (κ2) is 4.53. The van der Waals surface area contributed by atoms with Crippen molar-refractivity contribution in [2.24, 2.45) is 0 Å². The molecule has 1 N–H and O–H groups in total. The summed E-state index contributed by atoms with van der Waals surface area (Å²) in [6, 6.07) is 5.60. The lowest BCUT2D eigenvalue weighted by Crippen LogP contribution is -2.25. The van der Waals surface area contributed by atoms with E-state index in [1.807, 2.05) is 18.2 Å². The van der Waals surface area contributed by atoms with E-state index >= 15 is 0 Å². The fourth-order valence-electron chi connectivity index (χ4n) is 1.96. The number of hydrogen-bond donors (Lipinski definition) is 1. The Morgan fingerprint density at radius 3 is 2.72 bits per heavy atom. The zero-order chi connectivity index (χ0) is 12.5. The van der Waals surface area contributed by atoms with Crippen LogP contribution in [0, 0.1) is 0 Å². The first kappa shape index (κ1) is 11.4. The van der Waals surface area contributed by atoms with Crippen LogP contribution < -0.4 is 14.8 Å². The molecule has 3 rings (SSSR count). The Morgan fingerprint density at radius 2 is 2.00 bits per heavy atom. The molecule has 0 spiro atoms. The van der Waals surface area contributed by atoms with E-state index in [0.717, 1.165) is 23.1 Å². The van der Waals surface area contributed by atoms with Crippen molar-refractivity contribution >= 4 is 22.9 Å². The average Bonchev–Trinajstić information content (AvgIpc) is 2.68. The summed E-state index contributed by atoms with van der Waals surface area (Å²) < 4.78 is 10.9. The number of rotatable bonds is 2. The van der Waals surface area contributed by atoms with Crippen molar-refractivity contribution in [2.75, 3.05) is 13.2 Å². The normalized spacial score (nSPS) is 21.9. The maximum Gasteiger partial charge on any atom is 0.286 e. The summed E-state index contributed by atoms with van der Waals surface area (Å²) in [7, 11) is 0. The van der Waals surface area contributed by atoms with Gasteiger partial charge in [-0.25, -0.2) is 0 Å². The van der Waals surface area contributed by atoms with Gasteiger partial charge in [0.15, 0.2) is 11.5 Å². The minimum Gasteiger partial charge on any atom is -0.486 e. The van der Waals surface area contributed by atoms with Gasteiger partial charge in [0.05, 0.1) is 5.25 Å². The third-order valence-corrected chi connectivity index (χ3v) is 3.78. The van der Waals surface area contributed by atoms with Crippen molar-refractivity contribution in [3.63, 3.8) is 0 Å². The van der Waals surface area contributed by atoms with Gasteiger partial charge in [-0.2, -0.15) is 0 Å². The second-order valence-electron chi connectivity index (χ2n) is 4.07. The molecular formula is C12H11NO4S. The zero-order valence-corrected chi connectivity index (χ0v) is 10.3. The predicted octanol–water partition coefficient (Wildman–Crippen LogP) is 1.35. The highest BCUT2D eigenvalue weighted by Gasteiger charge is 2.31. The molecule has 1 fully saturated rings. The molecule has 6 heteroatoms. The molecule has 2 heterocycles. The molecule has 0 saturated carbocycles. The summed E-state index contributed by atoms with van der Waals surface area (Å²) in [6.45, 7) is 1.09. The standard InChI is InChI=1S/C12H11NO4S/c14-11-10(18-12(15)13-11)6-7-1-2-8-9(5-7)17-4-3-16-8/h1-2,5,10H,3-4,6H2,(H,13,14,15). The van der Waals surface area contributed by atoms with Gasteiger partial charge in [0.2, 0.25) is 5.91 Å². The number of carbonyl (C=O) groups is 2. The van der Waals surface area contributed by atoms with Crippen LogP contribution in [-0.4, -0.2) is 29.6 Å². The number of benzene rings is 1. The Bertz CT molecular complexity index is 517. The van der Waals surface area contributed by atoms with Gasteiger partial charge in [-0.3, -0.25) is 14.9 Å². The fourth-order valence-corrected chi connectivity index (χ4v) is 2.82. The molecule has 5 nitrogen and oxygen atoms in total. The highest BCUT2D eigenvalue weighted by molar-refractivity contribution is 8.15. The molecule has 1 unspecified atom stereocenters.